The van der Waals surface area contributed by atoms with E-state index in [-0.39, 0.29) is 5.91 Å². The Hall–Kier alpha value is -1.81. The lowest BCUT2D eigenvalue weighted by Crippen LogP contribution is -2.50. The van der Waals surface area contributed by atoms with E-state index >= 15 is 0 Å². The number of carboxylic acid groups (broad SMARTS) is 1. The maximum Gasteiger partial charge on any atom is 0.329 e. The van der Waals surface area contributed by atoms with Crippen molar-refractivity contribution in [1.29, 1.82) is 0 Å². The lowest BCUT2D eigenvalue weighted by molar-refractivity contribution is -0.153. The Balaban J connectivity index is 2.14. The summed E-state index contributed by atoms with van der Waals surface area (Å²) in [5, 5.41) is 9.87. The lowest BCUT2D eigenvalue weighted by Gasteiger charge is -2.30. The highest BCUT2D eigenvalue weighted by atomic mass is 35.5. The molecule has 20 heavy (non-hydrogen) atoms. The molecule has 0 radical (unpaired) electrons. The fourth-order valence-electron chi connectivity index (χ4n) is 2.41. The normalized spacial score (nSPS) is 22.4. The van der Waals surface area contributed by atoms with Gasteiger partial charge in [-0.3, -0.25) is 4.79 Å². The van der Waals surface area contributed by atoms with Crippen molar-refractivity contribution < 1.29 is 14.7 Å². The van der Waals surface area contributed by atoms with E-state index in [4.69, 9.17) is 11.6 Å². The first-order valence-electron chi connectivity index (χ1n) is 6.42. The van der Waals surface area contributed by atoms with E-state index in [1.54, 1.807) is 31.2 Å². The molecule has 0 aliphatic carbocycles. The molecule has 1 aromatic rings. The molecule has 2 rings (SSSR count). The molecule has 1 heterocycles. The zero-order valence-corrected chi connectivity index (χ0v) is 11.9. The van der Waals surface area contributed by atoms with E-state index in [0.717, 1.165) is 5.56 Å². The Morgan fingerprint density at radius 2 is 2.20 bits per heavy atom. The molecule has 1 fully saturated rings. The Morgan fingerprint density at radius 1 is 1.45 bits per heavy atom. The Bertz CT molecular complexity index is 570. The largest absolute Gasteiger partial charge is 0.480 e. The van der Waals surface area contributed by atoms with Crippen molar-refractivity contribution in [1.82, 2.24) is 4.90 Å². The van der Waals surface area contributed by atoms with Crippen molar-refractivity contribution >= 4 is 29.6 Å². The number of likely N-dealkylation sites (tertiary alicyclic amines) is 1. The van der Waals surface area contributed by atoms with Gasteiger partial charge in [-0.05, 0) is 43.5 Å². The average Bonchev–Trinajstić information content (AvgIpc) is 2.80. The van der Waals surface area contributed by atoms with Crippen LogP contribution in [0.25, 0.3) is 6.08 Å². The predicted octanol–water partition coefficient (Wildman–Crippen LogP) is 2.82. The van der Waals surface area contributed by atoms with Crippen molar-refractivity contribution in [2.75, 3.05) is 6.54 Å². The molecule has 1 amide bonds. The number of rotatable bonds is 3. The minimum atomic E-state index is -1.10. The number of carbonyl (C=O) groups is 2. The smallest absolute Gasteiger partial charge is 0.329 e. The van der Waals surface area contributed by atoms with Gasteiger partial charge in [-0.1, -0.05) is 23.7 Å². The molecule has 1 unspecified atom stereocenters. The van der Waals surface area contributed by atoms with Gasteiger partial charge in [0.05, 0.1) is 0 Å². The van der Waals surface area contributed by atoms with E-state index in [2.05, 4.69) is 0 Å². The Morgan fingerprint density at radius 3 is 2.85 bits per heavy atom. The standard InChI is InChI=1S/C15H16ClNO3/c1-15(14(19)20)8-3-9-17(15)13(18)7-6-11-4-2-5-12(16)10-11/h2,4-7,10H,3,8-9H2,1H3,(H,19,20). The van der Waals surface area contributed by atoms with Crippen LogP contribution < -0.4 is 0 Å². The summed E-state index contributed by atoms with van der Waals surface area (Å²) in [5.41, 5.74) is -0.294. The summed E-state index contributed by atoms with van der Waals surface area (Å²) in [6, 6.07) is 7.12. The van der Waals surface area contributed by atoms with Gasteiger partial charge in [-0.2, -0.15) is 0 Å². The van der Waals surface area contributed by atoms with E-state index in [1.165, 1.54) is 11.0 Å². The van der Waals surface area contributed by atoms with Gasteiger partial charge >= 0.3 is 5.97 Å². The molecule has 106 valence electrons. The van der Waals surface area contributed by atoms with Crippen molar-refractivity contribution in [2.45, 2.75) is 25.3 Å². The van der Waals surface area contributed by atoms with Gasteiger partial charge in [0.2, 0.25) is 5.91 Å². The van der Waals surface area contributed by atoms with Crippen molar-refractivity contribution in [3.8, 4) is 0 Å². The topological polar surface area (TPSA) is 57.6 Å². The van der Waals surface area contributed by atoms with Crippen LogP contribution in [0.2, 0.25) is 5.02 Å². The van der Waals surface area contributed by atoms with Crippen LogP contribution in [-0.4, -0.2) is 34.0 Å². The van der Waals surface area contributed by atoms with Gasteiger partial charge in [0.15, 0.2) is 0 Å². The number of benzene rings is 1. The first-order chi connectivity index (χ1) is 9.43. The molecule has 1 atom stereocenters. The second-order valence-corrected chi connectivity index (χ2v) is 5.50. The fraction of sp³-hybridized carbons (Fsp3) is 0.333. The predicted molar refractivity (Wildman–Crippen MR) is 77.5 cm³/mol. The van der Waals surface area contributed by atoms with Crippen LogP contribution in [0.4, 0.5) is 0 Å². The van der Waals surface area contributed by atoms with E-state index in [9.17, 15) is 14.7 Å². The van der Waals surface area contributed by atoms with Gasteiger partial charge in [-0.25, -0.2) is 4.79 Å². The van der Waals surface area contributed by atoms with Crippen molar-refractivity contribution in [2.24, 2.45) is 0 Å². The zero-order valence-electron chi connectivity index (χ0n) is 11.2. The third-order valence-corrected chi connectivity index (χ3v) is 3.87. The molecule has 0 bridgehead atoms. The van der Waals surface area contributed by atoms with Crippen molar-refractivity contribution in [3.63, 3.8) is 0 Å². The fourth-order valence-corrected chi connectivity index (χ4v) is 2.61. The summed E-state index contributed by atoms with van der Waals surface area (Å²) in [5.74, 6) is -1.24. The van der Waals surface area contributed by atoms with Gasteiger partial charge in [0, 0.05) is 17.6 Å². The molecular formula is C15H16ClNO3. The maximum atomic E-state index is 12.2. The van der Waals surface area contributed by atoms with Crippen LogP contribution in [0.5, 0.6) is 0 Å². The highest BCUT2D eigenvalue weighted by Gasteiger charge is 2.45. The van der Waals surface area contributed by atoms with Crippen LogP contribution in [0.3, 0.4) is 0 Å². The monoisotopic (exact) mass is 293 g/mol. The Labute approximate surface area is 122 Å². The number of hydrogen-bond donors (Lipinski definition) is 1. The number of hydrogen-bond acceptors (Lipinski definition) is 2. The van der Waals surface area contributed by atoms with Crippen LogP contribution in [0, 0.1) is 0 Å². The van der Waals surface area contributed by atoms with Crippen LogP contribution in [0.15, 0.2) is 30.3 Å². The minimum absolute atomic E-state index is 0.285. The van der Waals surface area contributed by atoms with Crippen LogP contribution >= 0.6 is 11.6 Å². The first kappa shape index (κ1) is 14.6. The van der Waals surface area contributed by atoms with Crippen LogP contribution in [-0.2, 0) is 9.59 Å². The second-order valence-electron chi connectivity index (χ2n) is 5.06. The summed E-state index contributed by atoms with van der Waals surface area (Å²) in [7, 11) is 0. The third kappa shape index (κ3) is 2.85. The second kappa shape index (κ2) is 5.67. The number of amides is 1. The first-order valence-corrected chi connectivity index (χ1v) is 6.80. The number of carboxylic acids is 1. The van der Waals surface area contributed by atoms with Gasteiger partial charge in [0.1, 0.15) is 5.54 Å². The number of aliphatic carboxylic acids is 1. The maximum absolute atomic E-state index is 12.2. The quantitative estimate of drug-likeness (QED) is 0.872. The molecule has 1 aliphatic rings. The molecule has 4 nitrogen and oxygen atoms in total. The molecule has 0 spiro atoms. The lowest BCUT2D eigenvalue weighted by atomic mass is 9.99. The molecule has 1 N–H and O–H groups in total. The summed E-state index contributed by atoms with van der Waals surface area (Å²) < 4.78 is 0. The molecule has 0 saturated carbocycles. The summed E-state index contributed by atoms with van der Waals surface area (Å²) >= 11 is 5.87. The molecule has 0 aromatic heterocycles. The van der Waals surface area contributed by atoms with E-state index in [1.807, 2.05) is 6.07 Å². The van der Waals surface area contributed by atoms with Gasteiger partial charge < -0.3 is 10.0 Å². The SMILES string of the molecule is CC1(C(=O)O)CCCN1C(=O)C=Cc1cccc(Cl)c1. The highest BCUT2D eigenvalue weighted by molar-refractivity contribution is 6.30. The van der Waals surface area contributed by atoms with E-state index in [0.29, 0.717) is 24.4 Å². The number of halogens is 1. The van der Waals surface area contributed by atoms with E-state index < -0.39 is 11.5 Å². The zero-order chi connectivity index (χ0) is 14.8. The summed E-state index contributed by atoms with van der Waals surface area (Å²) in [6.07, 6.45) is 4.24. The number of nitrogens with zero attached hydrogens (tertiary/aromatic N) is 1. The average molecular weight is 294 g/mol. The molecule has 1 aliphatic heterocycles. The van der Waals surface area contributed by atoms with Gasteiger partial charge in [-0.15, -0.1) is 0 Å². The molecule has 5 heteroatoms. The minimum Gasteiger partial charge on any atom is -0.480 e. The van der Waals surface area contributed by atoms with Crippen molar-refractivity contribution in [3.05, 3.63) is 40.9 Å². The highest BCUT2D eigenvalue weighted by Crippen LogP contribution is 2.29. The summed E-state index contributed by atoms with van der Waals surface area (Å²) in [6.45, 7) is 2.06. The third-order valence-electron chi connectivity index (χ3n) is 3.63. The molecular weight excluding hydrogens is 278 g/mol. The van der Waals surface area contributed by atoms with Crippen LogP contribution in [0.1, 0.15) is 25.3 Å². The molecule has 1 aromatic carbocycles. The molecule has 1 saturated heterocycles. The van der Waals surface area contributed by atoms with Gasteiger partial charge in [0.25, 0.3) is 0 Å². The summed E-state index contributed by atoms with van der Waals surface area (Å²) in [4.78, 5) is 24.9. The Kier molecular flexibility index (Phi) is 4.14. The number of carbonyl (C=O) groups excluding carboxylic acids is 1.